The van der Waals surface area contributed by atoms with Crippen LogP contribution in [0.3, 0.4) is 0 Å². The maximum absolute atomic E-state index is 12.9. The van der Waals surface area contributed by atoms with Gasteiger partial charge in [0.1, 0.15) is 5.82 Å². The fraction of sp³-hybridized carbons (Fsp3) is 0.333. The van der Waals surface area contributed by atoms with E-state index in [4.69, 9.17) is 0 Å². The lowest BCUT2D eigenvalue weighted by Crippen LogP contribution is -2.34. The van der Waals surface area contributed by atoms with Gasteiger partial charge in [0.2, 0.25) is 0 Å². The first-order valence-corrected chi connectivity index (χ1v) is 7.42. The van der Waals surface area contributed by atoms with Gasteiger partial charge in [0.15, 0.2) is 0 Å². The lowest BCUT2D eigenvalue weighted by Gasteiger charge is -2.25. The molecule has 0 amide bonds. The summed E-state index contributed by atoms with van der Waals surface area (Å²) in [6, 6.07) is 14.7. The molecule has 2 aromatic rings. The molecule has 0 fully saturated rings. The molecule has 3 heteroatoms. The summed E-state index contributed by atoms with van der Waals surface area (Å²) in [5.74, 6) is -0.281. The van der Waals surface area contributed by atoms with Crippen LogP contribution in [0.15, 0.2) is 48.5 Å². The van der Waals surface area contributed by atoms with E-state index in [0.717, 1.165) is 18.4 Å². The molecule has 0 aliphatic heterocycles. The molecule has 0 aromatic heterocycles. The second-order valence-electron chi connectivity index (χ2n) is 5.74. The molecule has 21 heavy (non-hydrogen) atoms. The first kappa shape index (κ1) is 14.2. The van der Waals surface area contributed by atoms with Crippen LogP contribution in [0.5, 0.6) is 0 Å². The third-order valence-electron chi connectivity index (χ3n) is 4.28. The van der Waals surface area contributed by atoms with Crippen molar-refractivity contribution in [3.63, 3.8) is 0 Å². The Morgan fingerprint density at radius 2 is 1.86 bits per heavy atom. The Bertz CT molecular complexity index is 611. The molecule has 0 bridgehead atoms. The number of aryl methyl sites for hydroxylation is 1. The Hall–Kier alpha value is -1.71. The van der Waals surface area contributed by atoms with Crippen LogP contribution in [0, 0.1) is 5.82 Å². The predicted molar refractivity (Wildman–Crippen MR) is 81.5 cm³/mol. The number of halogens is 1. The summed E-state index contributed by atoms with van der Waals surface area (Å²) < 4.78 is 12.9. The Balaban J connectivity index is 1.69. The summed E-state index contributed by atoms with van der Waals surface area (Å²) >= 11 is 0. The maximum atomic E-state index is 12.9. The molecular formula is C18H20FNO. The van der Waals surface area contributed by atoms with E-state index in [1.807, 2.05) is 6.92 Å². The fourth-order valence-electron chi connectivity index (χ4n) is 3.09. The van der Waals surface area contributed by atoms with Gasteiger partial charge in [-0.3, -0.25) is 0 Å². The van der Waals surface area contributed by atoms with Gasteiger partial charge in [0, 0.05) is 12.1 Å². The quantitative estimate of drug-likeness (QED) is 0.901. The van der Waals surface area contributed by atoms with E-state index in [0.29, 0.717) is 0 Å². The van der Waals surface area contributed by atoms with E-state index >= 15 is 0 Å². The van der Waals surface area contributed by atoms with E-state index in [-0.39, 0.29) is 17.9 Å². The second kappa shape index (κ2) is 5.96. The molecule has 0 radical (unpaired) electrons. The topological polar surface area (TPSA) is 32.3 Å². The van der Waals surface area contributed by atoms with Crippen molar-refractivity contribution in [2.45, 2.75) is 38.0 Å². The molecule has 3 atom stereocenters. The molecule has 3 unspecified atom stereocenters. The smallest absolute Gasteiger partial charge is 0.123 e. The lowest BCUT2D eigenvalue weighted by molar-refractivity contribution is 0.129. The largest absolute Gasteiger partial charge is 0.387 e. The molecule has 1 aliphatic rings. The van der Waals surface area contributed by atoms with Gasteiger partial charge in [-0.2, -0.15) is 0 Å². The van der Waals surface area contributed by atoms with Crippen molar-refractivity contribution >= 4 is 0 Å². The Kier molecular flexibility index (Phi) is 4.04. The van der Waals surface area contributed by atoms with Crippen molar-refractivity contribution in [1.29, 1.82) is 0 Å². The molecule has 0 heterocycles. The fourth-order valence-corrected chi connectivity index (χ4v) is 3.09. The first-order valence-electron chi connectivity index (χ1n) is 7.42. The van der Waals surface area contributed by atoms with Crippen molar-refractivity contribution in [2.24, 2.45) is 0 Å². The second-order valence-corrected chi connectivity index (χ2v) is 5.74. The third kappa shape index (κ3) is 2.99. The van der Waals surface area contributed by atoms with Gasteiger partial charge in [-0.05, 0) is 48.6 Å². The molecule has 2 nitrogen and oxygen atoms in total. The summed E-state index contributed by atoms with van der Waals surface area (Å²) in [7, 11) is 0. The van der Waals surface area contributed by atoms with Crippen LogP contribution in [0.25, 0.3) is 0 Å². The highest BCUT2D eigenvalue weighted by atomic mass is 19.1. The van der Waals surface area contributed by atoms with Gasteiger partial charge in [-0.25, -0.2) is 4.39 Å². The lowest BCUT2D eigenvalue weighted by atomic mass is 10.0. The number of aliphatic hydroxyl groups is 1. The molecule has 0 saturated heterocycles. The number of fused-ring (bicyclic) bond motifs is 1. The Morgan fingerprint density at radius 1 is 1.14 bits per heavy atom. The molecular weight excluding hydrogens is 265 g/mol. The van der Waals surface area contributed by atoms with Gasteiger partial charge < -0.3 is 10.4 Å². The summed E-state index contributed by atoms with van der Waals surface area (Å²) in [4.78, 5) is 0. The van der Waals surface area contributed by atoms with Gasteiger partial charge in [-0.15, -0.1) is 0 Å². The van der Waals surface area contributed by atoms with E-state index in [2.05, 4.69) is 29.6 Å². The molecule has 2 aromatic carbocycles. The van der Waals surface area contributed by atoms with E-state index in [9.17, 15) is 9.50 Å². The maximum Gasteiger partial charge on any atom is 0.123 e. The van der Waals surface area contributed by atoms with Crippen LogP contribution in [0.2, 0.25) is 0 Å². The summed E-state index contributed by atoms with van der Waals surface area (Å²) in [6.45, 7) is 1.97. The van der Waals surface area contributed by atoms with Crippen LogP contribution in [-0.4, -0.2) is 11.1 Å². The highest BCUT2D eigenvalue weighted by Crippen LogP contribution is 2.32. The number of aliphatic hydroxyl groups excluding tert-OH is 1. The molecule has 0 spiro atoms. The average Bonchev–Trinajstić information content (AvgIpc) is 2.91. The van der Waals surface area contributed by atoms with Crippen molar-refractivity contribution in [3.05, 3.63) is 71.0 Å². The van der Waals surface area contributed by atoms with Crippen molar-refractivity contribution < 1.29 is 9.50 Å². The zero-order valence-electron chi connectivity index (χ0n) is 12.1. The zero-order chi connectivity index (χ0) is 14.8. The number of nitrogens with one attached hydrogen (secondary N) is 1. The molecule has 3 rings (SSSR count). The number of rotatable bonds is 4. The minimum atomic E-state index is -0.640. The van der Waals surface area contributed by atoms with Crippen LogP contribution in [0.1, 0.15) is 42.2 Å². The zero-order valence-corrected chi connectivity index (χ0v) is 12.1. The number of hydrogen-bond donors (Lipinski definition) is 2. The van der Waals surface area contributed by atoms with Crippen molar-refractivity contribution in [3.8, 4) is 0 Å². The number of benzene rings is 2. The van der Waals surface area contributed by atoms with E-state index < -0.39 is 6.10 Å². The van der Waals surface area contributed by atoms with Gasteiger partial charge in [0.05, 0.1) is 6.10 Å². The molecule has 110 valence electrons. The van der Waals surface area contributed by atoms with Crippen LogP contribution in [0.4, 0.5) is 4.39 Å². The molecule has 0 saturated carbocycles. The predicted octanol–water partition coefficient (Wildman–Crippen LogP) is 3.52. The summed E-state index contributed by atoms with van der Waals surface area (Å²) in [5, 5.41) is 13.9. The van der Waals surface area contributed by atoms with Crippen LogP contribution in [-0.2, 0) is 6.42 Å². The average molecular weight is 285 g/mol. The SMILES string of the molecule is CC(NC1CCc2ccccc21)C(O)c1ccc(F)cc1. The number of hydrogen-bond acceptors (Lipinski definition) is 2. The minimum absolute atomic E-state index is 0.0911. The summed E-state index contributed by atoms with van der Waals surface area (Å²) in [6.07, 6.45) is 1.49. The van der Waals surface area contributed by atoms with Gasteiger partial charge >= 0.3 is 0 Å². The molecule has 1 aliphatic carbocycles. The first-order chi connectivity index (χ1) is 10.1. The third-order valence-corrected chi connectivity index (χ3v) is 4.28. The highest BCUT2D eigenvalue weighted by Gasteiger charge is 2.25. The summed E-state index contributed by atoms with van der Waals surface area (Å²) in [5.41, 5.74) is 3.46. The van der Waals surface area contributed by atoms with Gasteiger partial charge in [-0.1, -0.05) is 36.4 Å². The normalized spacial score (nSPS) is 20.0. The minimum Gasteiger partial charge on any atom is -0.387 e. The van der Waals surface area contributed by atoms with Crippen molar-refractivity contribution in [2.75, 3.05) is 0 Å². The van der Waals surface area contributed by atoms with E-state index in [1.54, 1.807) is 12.1 Å². The Labute approximate surface area is 124 Å². The molecule has 2 N–H and O–H groups in total. The highest BCUT2D eigenvalue weighted by molar-refractivity contribution is 5.34. The van der Waals surface area contributed by atoms with Crippen LogP contribution >= 0.6 is 0 Å². The Morgan fingerprint density at radius 3 is 2.62 bits per heavy atom. The van der Waals surface area contributed by atoms with Crippen molar-refractivity contribution in [1.82, 2.24) is 5.32 Å². The standard InChI is InChI=1S/C18H20FNO/c1-12(18(21)14-6-9-15(19)10-7-14)20-17-11-8-13-4-2-3-5-16(13)17/h2-7,9-10,12,17-18,20-21H,8,11H2,1H3. The van der Waals surface area contributed by atoms with Gasteiger partial charge in [0.25, 0.3) is 0 Å². The van der Waals surface area contributed by atoms with E-state index in [1.165, 1.54) is 23.3 Å². The monoisotopic (exact) mass is 285 g/mol. The van der Waals surface area contributed by atoms with Crippen LogP contribution < -0.4 is 5.32 Å².